The van der Waals surface area contributed by atoms with Crippen LogP contribution in [0.3, 0.4) is 0 Å². The van der Waals surface area contributed by atoms with Crippen molar-refractivity contribution in [3.63, 3.8) is 0 Å². The molecular formula is C31H44N4O6. The molecule has 0 aliphatic heterocycles. The van der Waals surface area contributed by atoms with Crippen LogP contribution in [0.2, 0.25) is 0 Å². The topological polar surface area (TPSA) is 151 Å². The molecule has 41 heavy (non-hydrogen) atoms. The molecule has 0 spiro atoms. The van der Waals surface area contributed by atoms with Crippen LogP contribution >= 0.6 is 0 Å². The molecule has 0 radical (unpaired) electrons. The second-order valence-electron chi connectivity index (χ2n) is 11.2. The molecule has 2 unspecified atom stereocenters. The molecule has 4 amide bonds. The van der Waals surface area contributed by atoms with Gasteiger partial charge in [0.15, 0.2) is 0 Å². The second kappa shape index (κ2) is 15.1. The van der Waals surface area contributed by atoms with E-state index >= 15 is 0 Å². The molecule has 0 heterocycles. The van der Waals surface area contributed by atoms with Crippen molar-refractivity contribution in [1.82, 2.24) is 10.2 Å². The second-order valence-corrected chi connectivity index (χ2v) is 11.2. The quantitative estimate of drug-likeness (QED) is 0.253. The minimum absolute atomic E-state index is 0.0936. The van der Waals surface area contributed by atoms with Gasteiger partial charge in [0.25, 0.3) is 5.91 Å². The zero-order chi connectivity index (χ0) is 30.7. The molecule has 0 bridgehead atoms. The molecule has 2 rings (SSSR count). The van der Waals surface area contributed by atoms with E-state index in [0.29, 0.717) is 17.7 Å². The molecular weight excluding hydrogens is 524 g/mol. The molecule has 2 aromatic rings. The number of carbonyl (C=O) groups excluding carboxylic acids is 4. The van der Waals surface area contributed by atoms with Gasteiger partial charge in [-0.2, -0.15) is 0 Å². The van der Waals surface area contributed by atoms with E-state index in [1.165, 1.54) is 4.90 Å². The highest BCUT2D eigenvalue weighted by Gasteiger charge is 2.37. The maximum absolute atomic E-state index is 14.2. The third-order valence-corrected chi connectivity index (χ3v) is 6.48. The number of amides is 4. The fraction of sp³-hybridized carbons (Fsp3) is 0.484. The van der Waals surface area contributed by atoms with Gasteiger partial charge < -0.3 is 31.1 Å². The zero-order valence-electron chi connectivity index (χ0n) is 25.0. The number of para-hydroxylation sites is 2. The number of phenolic OH excluding ortho intramolecular Hbond substituents is 1. The lowest BCUT2D eigenvalue weighted by molar-refractivity contribution is -0.141. The van der Waals surface area contributed by atoms with E-state index in [1.807, 2.05) is 26.0 Å². The Kier molecular flexibility index (Phi) is 12.2. The minimum Gasteiger partial charge on any atom is -0.507 e. The molecule has 224 valence electrons. The van der Waals surface area contributed by atoms with Crippen LogP contribution in [0.15, 0.2) is 42.5 Å². The van der Waals surface area contributed by atoms with E-state index in [4.69, 9.17) is 10.5 Å². The van der Waals surface area contributed by atoms with E-state index in [0.717, 1.165) is 18.4 Å². The molecule has 0 aliphatic rings. The van der Waals surface area contributed by atoms with Crippen LogP contribution < -0.4 is 16.4 Å². The Labute approximate surface area is 242 Å². The molecule has 0 aromatic heterocycles. The normalized spacial score (nSPS) is 12.6. The lowest BCUT2D eigenvalue weighted by atomic mass is 9.98. The van der Waals surface area contributed by atoms with Gasteiger partial charge in [0.1, 0.15) is 23.4 Å². The summed E-state index contributed by atoms with van der Waals surface area (Å²) in [7, 11) is 0. The van der Waals surface area contributed by atoms with Crippen LogP contribution in [0.1, 0.15) is 82.5 Å². The number of carbonyl (C=O) groups is 4. The molecule has 2 atom stereocenters. The van der Waals surface area contributed by atoms with Gasteiger partial charge >= 0.3 is 6.09 Å². The lowest BCUT2D eigenvalue weighted by Gasteiger charge is -2.35. The van der Waals surface area contributed by atoms with E-state index < -0.39 is 41.5 Å². The van der Waals surface area contributed by atoms with Crippen molar-refractivity contribution >= 4 is 29.5 Å². The highest BCUT2D eigenvalue weighted by molar-refractivity contribution is 6.00. The standard InChI is InChI=1S/C31H44N4O6/c1-7-8-11-19-35(29(39)24(17-18-25(32)36)34-30(40)41-31(4,5)6)26(22-15-12-14-21(3)27(22)37)28(38)33-23-16-10-9-13-20(23)2/h9-10,12-16,24,26,37H,7-8,11,17-19H2,1-6H3,(H2,32,36)(H,33,38)(H,34,40). The number of nitrogens with one attached hydrogen (secondary N) is 2. The number of nitrogens with two attached hydrogens (primary N) is 1. The number of hydrogen-bond donors (Lipinski definition) is 4. The molecule has 0 aliphatic carbocycles. The summed E-state index contributed by atoms with van der Waals surface area (Å²) in [6.07, 6.45) is 1.10. The Balaban J connectivity index is 2.61. The maximum Gasteiger partial charge on any atom is 0.408 e. The first-order chi connectivity index (χ1) is 19.2. The molecule has 5 N–H and O–H groups in total. The predicted molar refractivity (Wildman–Crippen MR) is 158 cm³/mol. The van der Waals surface area contributed by atoms with Crippen molar-refractivity contribution in [2.45, 2.75) is 91.3 Å². The monoisotopic (exact) mass is 568 g/mol. The van der Waals surface area contributed by atoms with Gasteiger partial charge in [-0.25, -0.2) is 4.79 Å². The number of aromatic hydroxyl groups is 1. The summed E-state index contributed by atoms with van der Waals surface area (Å²) in [6, 6.07) is 9.80. The van der Waals surface area contributed by atoms with Crippen molar-refractivity contribution in [2.24, 2.45) is 5.73 Å². The van der Waals surface area contributed by atoms with Crippen molar-refractivity contribution in [1.29, 1.82) is 0 Å². The van der Waals surface area contributed by atoms with Gasteiger partial charge in [0, 0.05) is 24.2 Å². The smallest absolute Gasteiger partial charge is 0.408 e. The summed E-state index contributed by atoms with van der Waals surface area (Å²) in [5, 5.41) is 16.5. The van der Waals surface area contributed by atoms with Crippen LogP contribution in [0.4, 0.5) is 10.5 Å². The minimum atomic E-state index is -1.24. The molecule has 2 aromatic carbocycles. The van der Waals surface area contributed by atoms with Gasteiger partial charge in [-0.3, -0.25) is 14.4 Å². The summed E-state index contributed by atoms with van der Waals surface area (Å²) >= 11 is 0. The number of ether oxygens (including phenoxy) is 1. The lowest BCUT2D eigenvalue weighted by Crippen LogP contribution is -2.53. The molecule has 0 saturated carbocycles. The summed E-state index contributed by atoms with van der Waals surface area (Å²) in [6.45, 7) is 10.8. The third-order valence-electron chi connectivity index (χ3n) is 6.48. The summed E-state index contributed by atoms with van der Waals surface area (Å²) in [4.78, 5) is 54.0. The molecule has 0 saturated heterocycles. The van der Waals surface area contributed by atoms with Crippen molar-refractivity contribution < 1.29 is 29.0 Å². The van der Waals surface area contributed by atoms with E-state index in [9.17, 15) is 24.3 Å². The number of phenols is 1. The van der Waals surface area contributed by atoms with Crippen LogP contribution in [-0.4, -0.2) is 52.0 Å². The first-order valence-corrected chi connectivity index (χ1v) is 14.0. The van der Waals surface area contributed by atoms with Crippen molar-refractivity contribution in [3.05, 3.63) is 59.2 Å². The maximum atomic E-state index is 14.2. The Morgan fingerprint density at radius 1 is 1.00 bits per heavy atom. The third kappa shape index (κ3) is 10.1. The number of hydrogen-bond acceptors (Lipinski definition) is 6. The Morgan fingerprint density at radius 3 is 2.27 bits per heavy atom. The van der Waals surface area contributed by atoms with Gasteiger partial charge in [-0.05, 0) is 64.7 Å². The fourth-order valence-corrected chi connectivity index (χ4v) is 4.36. The average molecular weight is 569 g/mol. The Morgan fingerprint density at radius 2 is 1.66 bits per heavy atom. The van der Waals surface area contributed by atoms with E-state index in [2.05, 4.69) is 10.6 Å². The van der Waals surface area contributed by atoms with Gasteiger partial charge in [0.2, 0.25) is 11.8 Å². The number of alkyl carbamates (subject to hydrolysis) is 1. The van der Waals surface area contributed by atoms with E-state index in [1.54, 1.807) is 58.0 Å². The first-order valence-electron chi connectivity index (χ1n) is 14.0. The number of unbranched alkanes of at least 4 members (excludes halogenated alkanes) is 2. The zero-order valence-corrected chi connectivity index (χ0v) is 25.0. The Hall–Kier alpha value is -4.08. The highest BCUT2D eigenvalue weighted by atomic mass is 16.6. The first kappa shape index (κ1) is 33.1. The number of benzene rings is 2. The van der Waals surface area contributed by atoms with Crippen LogP contribution in [0.25, 0.3) is 0 Å². The number of anilines is 1. The average Bonchev–Trinajstić information content (AvgIpc) is 2.88. The molecule has 10 nitrogen and oxygen atoms in total. The van der Waals surface area contributed by atoms with Gasteiger partial charge in [0.05, 0.1) is 0 Å². The van der Waals surface area contributed by atoms with E-state index in [-0.39, 0.29) is 30.7 Å². The van der Waals surface area contributed by atoms with Gasteiger partial charge in [-0.1, -0.05) is 56.2 Å². The van der Waals surface area contributed by atoms with Crippen LogP contribution in [0.5, 0.6) is 5.75 Å². The molecule has 10 heteroatoms. The number of nitrogens with zero attached hydrogens (tertiary/aromatic N) is 1. The fourth-order valence-electron chi connectivity index (χ4n) is 4.36. The van der Waals surface area contributed by atoms with Crippen molar-refractivity contribution in [3.8, 4) is 5.75 Å². The Bertz CT molecular complexity index is 1220. The number of rotatable bonds is 13. The van der Waals surface area contributed by atoms with Crippen LogP contribution in [-0.2, 0) is 19.1 Å². The van der Waals surface area contributed by atoms with Gasteiger partial charge in [-0.15, -0.1) is 0 Å². The SMILES string of the molecule is CCCCCN(C(=O)C(CCC(N)=O)NC(=O)OC(C)(C)C)C(C(=O)Nc1ccccc1C)c1cccc(C)c1O. The number of primary amides is 1. The summed E-state index contributed by atoms with van der Waals surface area (Å²) < 4.78 is 5.37. The largest absolute Gasteiger partial charge is 0.507 e. The van der Waals surface area contributed by atoms with Crippen LogP contribution in [0, 0.1) is 13.8 Å². The highest BCUT2D eigenvalue weighted by Crippen LogP contribution is 2.34. The molecule has 0 fully saturated rings. The summed E-state index contributed by atoms with van der Waals surface area (Å²) in [5.41, 5.74) is 6.71. The number of aryl methyl sites for hydroxylation is 2. The summed E-state index contributed by atoms with van der Waals surface area (Å²) in [5.74, 6) is -1.88. The van der Waals surface area contributed by atoms with Crippen molar-refractivity contribution in [2.75, 3.05) is 11.9 Å². The predicted octanol–water partition coefficient (Wildman–Crippen LogP) is 4.87.